The van der Waals surface area contributed by atoms with Crippen LogP contribution in [0, 0.1) is 0 Å². The van der Waals surface area contributed by atoms with Crippen LogP contribution in [0.2, 0.25) is 0 Å². The van der Waals surface area contributed by atoms with Crippen LogP contribution in [0.5, 0.6) is 0 Å². The van der Waals surface area contributed by atoms with Crippen molar-refractivity contribution in [1.29, 1.82) is 0 Å². The third-order valence-corrected chi connectivity index (χ3v) is 3.82. The van der Waals surface area contributed by atoms with Crippen molar-refractivity contribution in [3.05, 3.63) is 70.3 Å². The number of fused-ring (bicyclic) bond motifs is 1. The Labute approximate surface area is 125 Å². The van der Waals surface area contributed by atoms with E-state index in [9.17, 15) is 4.79 Å². The molecule has 0 radical (unpaired) electrons. The fraction of sp³-hybridized carbons (Fsp3) is 0.0625. The highest BCUT2D eigenvalue weighted by Gasteiger charge is 2.04. The van der Waals surface area contributed by atoms with E-state index in [1.165, 1.54) is 10.9 Å². The maximum Gasteiger partial charge on any atom is 0.248 e. The minimum atomic E-state index is -0.396. The maximum atomic E-state index is 11.1. The van der Waals surface area contributed by atoms with Crippen LogP contribution in [-0.2, 0) is 6.54 Å². The van der Waals surface area contributed by atoms with Gasteiger partial charge in [-0.25, -0.2) is 0 Å². The van der Waals surface area contributed by atoms with Gasteiger partial charge in [0.1, 0.15) is 0 Å². The first-order valence-electron chi connectivity index (χ1n) is 6.26. The molecule has 1 heterocycles. The van der Waals surface area contributed by atoms with Gasteiger partial charge in [-0.2, -0.15) is 0 Å². The third kappa shape index (κ3) is 2.47. The number of halogens is 1. The highest BCUT2D eigenvalue weighted by molar-refractivity contribution is 9.10. The van der Waals surface area contributed by atoms with Gasteiger partial charge >= 0.3 is 0 Å². The number of benzene rings is 2. The van der Waals surface area contributed by atoms with E-state index in [0.717, 1.165) is 16.6 Å². The summed E-state index contributed by atoms with van der Waals surface area (Å²) in [6, 6.07) is 15.7. The van der Waals surface area contributed by atoms with Crippen LogP contribution in [0.4, 0.5) is 0 Å². The molecule has 0 saturated heterocycles. The normalized spacial score (nSPS) is 10.8. The van der Waals surface area contributed by atoms with Crippen LogP contribution in [0.3, 0.4) is 0 Å². The summed E-state index contributed by atoms with van der Waals surface area (Å²) >= 11 is 3.50. The average Bonchev–Trinajstić information content (AvgIpc) is 2.82. The molecule has 0 unspecified atom stereocenters. The molecule has 3 aromatic rings. The molecule has 20 heavy (non-hydrogen) atoms. The molecule has 4 heteroatoms. The summed E-state index contributed by atoms with van der Waals surface area (Å²) in [6.45, 7) is 0.763. The van der Waals surface area contributed by atoms with Crippen molar-refractivity contribution in [2.75, 3.05) is 0 Å². The van der Waals surface area contributed by atoms with Crippen LogP contribution >= 0.6 is 15.9 Å². The Hall–Kier alpha value is -2.07. The molecule has 0 atom stereocenters. The molecular weight excluding hydrogens is 316 g/mol. The average molecular weight is 329 g/mol. The second-order valence-corrected chi connectivity index (χ2v) is 5.62. The van der Waals surface area contributed by atoms with E-state index < -0.39 is 5.91 Å². The van der Waals surface area contributed by atoms with Crippen LogP contribution in [0.25, 0.3) is 10.9 Å². The van der Waals surface area contributed by atoms with Gasteiger partial charge in [-0.1, -0.05) is 34.1 Å². The van der Waals surface area contributed by atoms with Gasteiger partial charge in [-0.15, -0.1) is 0 Å². The highest BCUT2D eigenvalue weighted by atomic mass is 79.9. The van der Waals surface area contributed by atoms with Crippen LogP contribution < -0.4 is 5.73 Å². The van der Waals surface area contributed by atoms with Gasteiger partial charge in [0.25, 0.3) is 0 Å². The topological polar surface area (TPSA) is 48.0 Å². The molecule has 1 aromatic heterocycles. The van der Waals surface area contributed by atoms with Crippen molar-refractivity contribution in [3.8, 4) is 0 Å². The van der Waals surface area contributed by atoms with Gasteiger partial charge in [0.05, 0.1) is 0 Å². The molecule has 0 spiro atoms. The molecule has 0 saturated carbocycles. The Kier molecular flexibility index (Phi) is 3.32. The minimum absolute atomic E-state index is 0.396. The highest BCUT2D eigenvalue weighted by Crippen LogP contribution is 2.21. The zero-order valence-electron chi connectivity index (χ0n) is 10.7. The molecule has 0 aliphatic carbocycles. The lowest BCUT2D eigenvalue weighted by Gasteiger charge is -2.06. The largest absolute Gasteiger partial charge is 0.366 e. The molecule has 2 N–H and O–H groups in total. The van der Waals surface area contributed by atoms with E-state index in [-0.39, 0.29) is 0 Å². The number of hydrogen-bond acceptors (Lipinski definition) is 1. The predicted octanol–water partition coefficient (Wildman–Crippen LogP) is 3.55. The number of rotatable bonds is 3. The summed E-state index contributed by atoms with van der Waals surface area (Å²) in [4.78, 5) is 11.1. The SMILES string of the molecule is NC(=O)c1ccc(Cn2ccc3ccc(Br)cc32)cc1. The number of carbonyl (C=O) groups excluding carboxylic acids is 1. The first-order valence-corrected chi connectivity index (χ1v) is 7.06. The van der Waals surface area contributed by atoms with Crippen molar-refractivity contribution >= 4 is 32.7 Å². The van der Waals surface area contributed by atoms with Crippen LogP contribution in [-0.4, -0.2) is 10.5 Å². The molecule has 1 amide bonds. The summed E-state index contributed by atoms with van der Waals surface area (Å²) in [6.07, 6.45) is 2.07. The Bertz CT molecular complexity index is 775. The number of carbonyl (C=O) groups is 1. The number of aromatic nitrogens is 1. The summed E-state index contributed by atoms with van der Waals surface area (Å²) in [5.41, 5.74) is 8.09. The summed E-state index contributed by atoms with van der Waals surface area (Å²) in [5, 5.41) is 1.21. The Morgan fingerprint density at radius 3 is 2.55 bits per heavy atom. The fourth-order valence-electron chi connectivity index (χ4n) is 2.27. The van der Waals surface area contributed by atoms with Gasteiger partial charge in [0.2, 0.25) is 5.91 Å². The molecule has 0 aliphatic heterocycles. The van der Waals surface area contributed by atoms with Crippen molar-refractivity contribution in [2.24, 2.45) is 5.73 Å². The molecule has 3 nitrogen and oxygen atoms in total. The molecule has 3 rings (SSSR count). The summed E-state index contributed by atoms with van der Waals surface area (Å²) in [5.74, 6) is -0.396. The smallest absolute Gasteiger partial charge is 0.248 e. The Morgan fingerprint density at radius 1 is 1.10 bits per heavy atom. The van der Waals surface area contributed by atoms with Crippen molar-refractivity contribution in [3.63, 3.8) is 0 Å². The quantitative estimate of drug-likeness (QED) is 0.785. The molecule has 100 valence electrons. The van der Waals surface area contributed by atoms with E-state index in [4.69, 9.17) is 5.73 Å². The lowest BCUT2D eigenvalue weighted by molar-refractivity contribution is 0.100. The second-order valence-electron chi connectivity index (χ2n) is 4.71. The van der Waals surface area contributed by atoms with Crippen LogP contribution in [0.1, 0.15) is 15.9 Å². The van der Waals surface area contributed by atoms with Crippen molar-refractivity contribution < 1.29 is 4.79 Å². The lowest BCUT2D eigenvalue weighted by Crippen LogP contribution is -2.10. The molecule has 0 fully saturated rings. The van der Waals surface area contributed by atoms with Crippen molar-refractivity contribution in [2.45, 2.75) is 6.54 Å². The maximum absolute atomic E-state index is 11.1. The van der Waals surface area contributed by atoms with Gasteiger partial charge in [0, 0.05) is 28.3 Å². The monoisotopic (exact) mass is 328 g/mol. The number of nitrogens with two attached hydrogens (primary N) is 1. The number of hydrogen-bond donors (Lipinski definition) is 1. The Morgan fingerprint density at radius 2 is 1.85 bits per heavy atom. The van der Waals surface area contributed by atoms with E-state index in [0.29, 0.717) is 5.56 Å². The van der Waals surface area contributed by atoms with E-state index in [1.54, 1.807) is 12.1 Å². The zero-order chi connectivity index (χ0) is 14.1. The van der Waals surface area contributed by atoms with Crippen LogP contribution in [0.15, 0.2) is 59.2 Å². The predicted molar refractivity (Wildman–Crippen MR) is 83.7 cm³/mol. The third-order valence-electron chi connectivity index (χ3n) is 3.33. The fourth-order valence-corrected chi connectivity index (χ4v) is 2.62. The lowest BCUT2D eigenvalue weighted by atomic mass is 10.1. The number of primary amides is 1. The van der Waals surface area contributed by atoms with E-state index >= 15 is 0 Å². The minimum Gasteiger partial charge on any atom is -0.366 e. The first-order chi connectivity index (χ1) is 9.63. The van der Waals surface area contributed by atoms with Gasteiger partial charge < -0.3 is 10.3 Å². The summed E-state index contributed by atoms with van der Waals surface area (Å²) in [7, 11) is 0. The second kappa shape index (κ2) is 5.13. The molecule has 2 aromatic carbocycles. The van der Waals surface area contributed by atoms with Gasteiger partial charge in [0.15, 0.2) is 0 Å². The first kappa shape index (κ1) is 12.9. The van der Waals surface area contributed by atoms with Gasteiger partial charge in [-0.05, 0) is 41.3 Å². The Balaban J connectivity index is 1.92. The summed E-state index contributed by atoms with van der Waals surface area (Å²) < 4.78 is 3.24. The van der Waals surface area contributed by atoms with E-state index in [1.807, 2.05) is 18.2 Å². The molecule has 0 bridgehead atoms. The van der Waals surface area contributed by atoms with Crippen molar-refractivity contribution in [1.82, 2.24) is 4.57 Å². The molecule has 0 aliphatic rings. The number of nitrogens with zero attached hydrogens (tertiary/aromatic N) is 1. The zero-order valence-corrected chi connectivity index (χ0v) is 12.3. The standard InChI is InChI=1S/C16H13BrN2O/c17-14-6-5-12-7-8-19(15(12)9-14)10-11-1-3-13(4-2-11)16(18)20/h1-9H,10H2,(H2,18,20). The van der Waals surface area contributed by atoms with E-state index in [2.05, 4.69) is 44.9 Å². The molecular formula is C16H13BrN2O. The number of amides is 1. The van der Waals surface area contributed by atoms with Gasteiger partial charge in [-0.3, -0.25) is 4.79 Å².